The lowest BCUT2D eigenvalue weighted by atomic mass is 9.68. The summed E-state index contributed by atoms with van der Waals surface area (Å²) in [6.45, 7) is 14.3. The van der Waals surface area contributed by atoms with Crippen molar-refractivity contribution in [2.45, 2.75) is 106 Å². The van der Waals surface area contributed by atoms with Crippen LogP contribution >= 0.6 is 0 Å². The highest BCUT2D eigenvalue weighted by Gasteiger charge is 2.46. The molecule has 6 nitrogen and oxygen atoms in total. The van der Waals surface area contributed by atoms with Crippen LogP contribution in [0.2, 0.25) is 0 Å². The molecule has 0 aromatic rings. The number of carbonyl (C=O) groups excluding carboxylic acids is 3. The zero-order chi connectivity index (χ0) is 24.8. The summed E-state index contributed by atoms with van der Waals surface area (Å²) in [5.41, 5.74) is -1.85. The second kappa shape index (κ2) is 15.3. The van der Waals surface area contributed by atoms with Crippen molar-refractivity contribution in [1.82, 2.24) is 0 Å². The van der Waals surface area contributed by atoms with E-state index in [9.17, 15) is 14.4 Å². The smallest absolute Gasteiger partial charge is 0.311 e. The monoisotopic (exact) mass is 456 g/mol. The Morgan fingerprint density at radius 2 is 1.50 bits per heavy atom. The summed E-state index contributed by atoms with van der Waals surface area (Å²) in [4.78, 5) is 38.3. The third-order valence-corrected chi connectivity index (χ3v) is 6.63. The number of hydrogen-bond donors (Lipinski definition) is 0. The molecule has 0 heterocycles. The van der Waals surface area contributed by atoms with Crippen molar-refractivity contribution >= 4 is 17.9 Å². The fourth-order valence-corrected chi connectivity index (χ4v) is 4.16. The second-order valence-electron chi connectivity index (χ2n) is 9.78. The molecule has 0 aliphatic heterocycles. The molecule has 32 heavy (non-hydrogen) atoms. The summed E-state index contributed by atoms with van der Waals surface area (Å²) >= 11 is 0. The summed E-state index contributed by atoms with van der Waals surface area (Å²) in [5, 5.41) is 0. The molecule has 0 aromatic carbocycles. The fourth-order valence-electron chi connectivity index (χ4n) is 4.16. The van der Waals surface area contributed by atoms with Crippen LogP contribution in [0.25, 0.3) is 0 Å². The minimum Gasteiger partial charge on any atom is -0.469 e. The van der Waals surface area contributed by atoms with E-state index in [4.69, 9.17) is 14.2 Å². The number of carbonyl (C=O) groups is 3. The van der Waals surface area contributed by atoms with E-state index in [1.807, 2.05) is 13.8 Å². The van der Waals surface area contributed by atoms with Gasteiger partial charge in [0, 0.05) is 0 Å². The zero-order valence-electron chi connectivity index (χ0n) is 21.9. The Kier molecular flexibility index (Phi) is 14.5. The zero-order valence-corrected chi connectivity index (χ0v) is 21.9. The van der Waals surface area contributed by atoms with Crippen LogP contribution in [0.5, 0.6) is 0 Å². The predicted octanol–water partition coefficient (Wildman–Crippen LogP) is 6.10. The van der Waals surface area contributed by atoms with Crippen LogP contribution < -0.4 is 0 Å². The maximum atomic E-state index is 13.1. The van der Waals surface area contributed by atoms with Crippen molar-refractivity contribution in [2.75, 3.05) is 20.3 Å². The molecule has 0 spiro atoms. The molecule has 0 saturated heterocycles. The number of hydrogen-bond acceptors (Lipinski definition) is 6. The minimum atomic E-state index is -1.00. The van der Waals surface area contributed by atoms with Crippen molar-refractivity contribution < 1.29 is 28.6 Å². The first-order valence-corrected chi connectivity index (χ1v) is 12.5. The highest BCUT2D eigenvalue weighted by atomic mass is 16.5. The molecule has 0 fully saturated rings. The van der Waals surface area contributed by atoms with Gasteiger partial charge in [-0.25, -0.2) is 0 Å². The number of unbranched alkanes of at least 4 members (excludes halogenated alkanes) is 2. The van der Waals surface area contributed by atoms with Gasteiger partial charge >= 0.3 is 17.9 Å². The number of methoxy groups -OCH3 is 1. The van der Waals surface area contributed by atoms with Crippen LogP contribution in [0.3, 0.4) is 0 Å². The number of esters is 3. The first kappa shape index (κ1) is 30.4. The van der Waals surface area contributed by atoms with Crippen molar-refractivity contribution in [3.63, 3.8) is 0 Å². The van der Waals surface area contributed by atoms with Gasteiger partial charge in [0.1, 0.15) is 0 Å². The van der Waals surface area contributed by atoms with E-state index >= 15 is 0 Å². The lowest BCUT2D eigenvalue weighted by molar-refractivity contribution is -0.165. The van der Waals surface area contributed by atoms with Crippen molar-refractivity contribution in [2.24, 2.45) is 22.7 Å². The average molecular weight is 457 g/mol. The van der Waals surface area contributed by atoms with Crippen LogP contribution in [0.4, 0.5) is 0 Å². The molecule has 0 bridgehead atoms. The molecule has 4 unspecified atom stereocenters. The van der Waals surface area contributed by atoms with Gasteiger partial charge in [0.2, 0.25) is 0 Å². The molecule has 0 aliphatic carbocycles. The van der Waals surface area contributed by atoms with Crippen molar-refractivity contribution in [3.05, 3.63) is 0 Å². The van der Waals surface area contributed by atoms with Gasteiger partial charge in [-0.1, -0.05) is 60.3 Å². The minimum absolute atomic E-state index is 0.250. The largest absolute Gasteiger partial charge is 0.469 e. The van der Waals surface area contributed by atoms with Crippen LogP contribution in [-0.2, 0) is 28.6 Å². The molecule has 0 rings (SSSR count). The van der Waals surface area contributed by atoms with Gasteiger partial charge in [-0.15, -0.1) is 0 Å². The normalized spacial score (nSPS) is 16.9. The Balaban J connectivity index is 5.43. The molecule has 0 radical (unpaired) electrons. The van der Waals surface area contributed by atoms with Crippen molar-refractivity contribution in [3.8, 4) is 0 Å². The highest BCUT2D eigenvalue weighted by Crippen LogP contribution is 2.42. The second-order valence-corrected chi connectivity index (χ2v) is 9.78. The van der Waals surface area contributed by atoms with E-state index in [-0.39, 0.29) is 30.7 Å². The third-order valence-electron chi connectivity index (χ3n) is 6.63. The van der Waals surface area contributed by atoms with E-state index < -0.39 is 16.7 Å². The van der Waals surface area contributed by atoms with E-state index in [1.54, 1.807) is 20.8 Å². The van der Waals surface area contributed by atoms with Gasteiger partial charge in [0.05, 0.1) is 37.1 Å². The summed E-state index contributed by atoms with van der Waals surface area (Å²) in [5.74, 6) is -1.16. The Labute approximate surface area is 196 Å². The Morgan fingerprint density at radius 1 is 0.875 bits per heavy atom. The van der Waals surface area contributed by atoms with Gasteiger partial charge in [-0.3, -0.25) is 14.4 Å². The summed E-state index contributed by atoms with van der Waals surface area (Å²) < 4.78 is 16.2. The van der Waals surface area contributed by atoms with E-state index in [1.165, 1.54) is 7.11 Å². The maximum absolute atomic E-state index is 13.1. The average Bonchev–Trinajstić information content (AvgIpc) is 2.78. The van der Waals surface area contributed by atoms with Gasteiger partial charge in [-0.2, -0.15) is 0 Å². The Morgan fingerprint density at radius 3 is 2.00 bits per heavy atom. The van der Waals surface area contributed by atoms with Gasteiger partial charge in [-0.05, 0) is 51.9 Å². The third kappa shape index (κ3) is 9.91. The van der Waals surface area contributed by atoms with Crippen LogP contribution in [0.15, 0.2) is 0 Å². The lowest BCUT2D eigenvalue weighted by Gasteiger charge is -2.37. The molecule has 0 N–H and O–H groups in total. The van der Waals surface area contributed by atoms with Crippen molar-refractivity contribution in [1.29, 1.82) is 0 Å². The van der Waals surface area contributed by atoms with E-state index in [0.717, 1.165) is 38.5 Å². The summed E-state index contributed by atoms with van der Waals surface area (Å²) in [6, 6.07) is 0. The Bertz CT molecular complexity index is 575. The summed E-state index contributed by atoms with van der Waals surface area (Å²) in [7, 11) is 1.36. The maximum Gasteiger partial charge on any atom is 0.311 e. The fraction of sp³-hybridized carbons (Fsp3) is 0.885. The van der Waals surface area contributed by atoms with Crippen LogP contribution in [0.1, 0.15) is 106 Å². The number of ether oxygens (including phenoxy) is 3. The molecule has 188 valence electrons. The first-order chi connectivity index (χ1) is 15.0. The summed E-state index contributed by atoms with van der Waals surface area (Å²) in [6.07, 6.45) is 6.98. The topological polar surface area (TPSA) is 78.9 Å². The lowest BCUT2D eigenvalue weighted by Crippen LogP contribution is -2.42. The van der Waals surface area contributed by atoms with Gasteiger partial charge < -0.3 is 14.2 Å². The Hall–Kier alpha value is -1.59. The predicted molar refractivity (Wildman–Crippen MR) is 127 cm³/mol. The van der Waals surface area contributed by atoms with Gasteiger partial charge in [0.25, 0.3) is 0 Å². The van der Waals surface area contributed by atoms with Crippen LogP contribution in [0, 0.1) is 22.7 Å². The quantitative estimate of drug-likeness (QED) is 0.149. The van der Waals surface area contributed by atoms with Gasteiger partial charge in [0.15, 0.2) is 0 Å². The van der Waals surface area contributed by atoms with E-state index in [2.05, 4.69) is 13.8 Å². The molecular weight excluding hydrogens is 408 g/mol. The van der Waals surface area contributed by atoms with Crippen LogP contribution in [-0.4, -0.2) is 38.2 Å². The standard InChI is InChI=1S/C26H48O6/c1-9-13-15-21(11-3)18-32-22(27)20(5)17-26(7,24(29)31-16-14-10-2)19-25(6,12-4)23(28)30-8/h20-21H,9-19H2,1-8H3. The molecule has 0 aliphatic rings. The first-order valence-electron chi connectivity index (χ1n) is 12.5. The SMILES string of the molecule is CCCCOC(=O)C(C)(CC(C)C(=O)OCC(CC)CCCC)CC(C)(CC)C(=O)OC. The highest BCUT2D eigenvalue weighted by molar-refractivity contribution is 5.81. The molecule has 0 saturated carbocycles. The molecular formula is C26H48O6. The molecule has 0 aromatic heterocycles. The molecule has 0 amide bonds. The molecule has 4 atom stereocenters. The number of rotatable bonds is 17. The van der Waals surface area contributed by atoms with E-state index in [0.29, 0.717) is 25.6 Å². The molecule has 6 heteroatoms.